The summed E-state index contributed by atoms with van der Waals surface area (Å²) in [6.45, 7) is 0.156. The standard InChI is InChI=1S/C24H21ClF2N2O/c25-20-3-1-2-19(14-20)21-15-18(8-9-22(21)28)16-4-6-17(7-5-16)23(30)29-12-10-24(26,27)11-13-29/h1-9,14-15H,10-13,28H2. The maximum atomic E-state index is 13.3. The van der Waals surface area contributed by atoms with E-state index in [1.54, 1.807) is 12.1 Å². The van der Waals surface area contributed by atoms with Crippen LogP contribution in [0, 0.1) is 0 Å². The first-order chi connectivity index (χ1) is 14.3. The predicted octanol–water partition coefficient (Wildman–Crippen LogP) is 6.13. The van der Waals surface area contributed by atoms with Crippen molar-refractivity contribution in [1.29, 1.82) is 0 Å². The van der Waals surface area contributed by atoms with Gasteiger partial charge in [-0.25, -0.2) is 8.78 Å². The van der Waals surface area contributed by atoms with Crippen molar-refractivity contribution in [2.45, 2.75) is 18.8 Å². The number of halogens is 3. The Bertz CT molecular complexity index is 1070. The zero-order chi connectivity index (χ0) is 21.3. The van der Waals surface area contributed by atoms with Crippen LogP contribution in [0.1, 0.15) is 23.2 Å². The quantitative estimate of drug-likeness (QED) is 0.512. The average molecular weight is 427 g/mol. The fraction of sp³-hybridized carbons (Fsp3) is 0.208. The molecule has 0 aliphatic carbocycles. The summed E-state index contributed by atoms with van der Waals surface area (Å²) in [7, 11) is 0. The second-order valence-electron chi connectivity index (χ2n) is 7.54. The zero-order valence-corrected chi connectivity index (χ0v) is 17.0. The van der Waals surface area contributed by atoms with Gasteiger partial charge >= 0.3 is 0 Å². The summed E-state index contributed by atoms with van der Waals surface area (Å²) in [5, 5.41) is 0.635. The van der Waals surface area contributed by atoms with Gasteiger partial charge in [0.2, 0.25) is 0 Å². The average Bonchev–Trinajstić information content (AvgIpc) is 2.74. The van der Waals surface area contributed by atoms with Crippen molar-refractivity contribution in [3.63, 3.8) is 0 Å². The van der Waals surface area contributed by atoms with Gasteiger partial charge in [0.05, 0.1) is 0 Å². The molecule has 2 N–H and O–H groups in total. The topological polar surface area (TPSA) is 46.3 Å². The highest BCUT2D eigenvalue weighted by atomic mass is 35.5. The molecule has 3 nitrogen and oxygen atoms in total. The molecule has 0 saturated carbocycles. The van der Waals surface area contributed by atoms with Crippen molar-refractivity contribution >= 4 is 23.2 Å². The van der Waals surface area contributed by atoms with Gasteiger partial charge in [0.25, 0.3) is 11.8 Å². The van der Waals surface area contributed by atoms with Crippen LogP contribution in [-0.4, -0.2) is 29.8 Å². The number of carbonyl (C=O) groups is 1. The predicted molar refractivity (Wildman–Crippen MR) is 117 cm³/mol. The third-order valence-corrected chi connectivity index (χ3v) is 5.67. The van der Waals surface area contributed by atoms with E-state index < -0.39 is 5.92 Å². The second kappa shape index (κ2) is 8.07. The lowest BCUT2D eigenvalue weighted by molar-refractivity contribution is -0.0494. The summed E-state index contributed by atoms with van der Waals surface area (Å²) in [4.78, 5) is 14.1. The highest BCUT2D eigenvalue weighted by Gasteiger charge is 2.35. The van der Waals surface area contributed by atoms with Gasteiger partial charge in [-0.05, 0) is 53.1 Å². The Morgan fingerprint density at radius 3 is 2.23 bits per heavy atom. The number of benzene rings is 3. The highest BCUT2D eigenvalue weighted by molar-refractivity contribution is 6.30. The number of amides is 1. The normalized spacial score (nSPS) is 15.8. The van der Waals surface area contributed by atoms with Crippen LogP contribution in [0.3, 0.4) is 0 Å². The van der Waals surface area contributed by atoms with Gasteiger partial charge in [0.1, 0.15) is 0 Å². The van der Waals surface area contributed by atoms with E-state index in [0.29, 0.717) is 16.3 Å². The molecule has 1 fully saturated rings. The van der Waals surface area contributed by atoms with Crippen LogP contribution in [0.2, 0.25) is 5.02 Å². The Balaban J connectivity index is 1.56. The number of anilines is 1. The number of nitrogen functional groups attached to an aromatic ring is 1. The molecule has 0 spiro atoms. The Morgan fingerprint density at radius 2 is 1.57 bits per heavy atom. The molecule has 1 amide bonds. The maximum absolute atomic E-state index is 13.3. The van der Waals surface area contributed by atoms with Gasteiger partial charge in [-0.15, -0.1) is 0 Å². The van der Waals surface area contributed by atoms with E-state index in [4.69, 9.17) is 17.3 Å². The van der Waals surface area contributed by atoms with Crippen molar-refractivity contribution in [3.8, 4) is 22.3 Å². The Labute approximate surface area is 179 Å². The fourth-order valence-electron chi connectivity index (χ4n) is 3.67. The summed E-state index contributed by atoms with van der Waals surface area (Å²) in [6, 6.07) is 20.4. The van der Waals surface area contributed by atoms with Crippen molar-refractivity contribution < 1.29 is 13.6 Å². The molecule has 0 unspecified atom stereocenters. The lowest BCUT2D eigenvalue weighted by atomic mass is 9.97. The maximum Gasteiger partial charge on any atom is 0.253 e. The highest BCUT2D eigenvalue weighted by Crippen LogP contribution is 2.33. The number of hydrogen-bond acceptors (Lipinski definition) is 2. The lowest BCUT2D eigenvalue weighted by Crippen LogP contribution is -2.42. The number of carbonyl (C=O) groups excluding carboxylic acids is 1. The van der Waals surface area contributed by atoms with Gasteiger partial charge in [-0.3, -0.25) is 4.79 Å². The summed E-state index contributed by atoms with van der Waals surface area (Å²) in [5.41, 5.74) is 11.0. The number of likely N-dealkylation sites (tertiary alicyclic amines) is 1. The summed E-state index contributed by atoms with van der Waals surface area (Å²) < 4.78 is 26.7. The zero-order valence-electron chi connectivity index (χ0n) is 16.2. The molecule has 154 valence electrons. The van der Waals surface area contributed by atoms with Crippen molar-refractivity contribution in [2.75, 3.05) is 18.8 Å². The summed E-state index contributed by atoms with van der Waals surface area (Å²) in [5.74, 6) is -2.88. The largest absolute Gasteiger partial charge is 0.398 e. The Morgan fingerprint density at radius 1 is 0.900 bits per heavy atom. The van der Waals surface area contributed by atoms with Crippen LogP contribution in [0.4, 0.5) is 14.5 Å². The van der Waals surface area contributed by atoms with Crippen LogP contribution in [0.5, 0.6) is 0 Å². The molecule has 6 heteroatoms. The smallest absolute Gasteiger partial charge is 0.253 e. The molecule has 3 aromatic rings. The van der Waals surface area contributed by atoms with Crippen LogP contribution < -0.4 is 5.73 Å². The molecule has 0 bridgehead atoms. The molecule has 0 aromatic heterocycles. The van der Waals surface area contributed by atoms with Crippen molar-refractivity contribution in [1.82, 2.24) is 4.90 Å². The van der Waals surface area contributed by atoms with E-state index >= 15 is 0 Å². The summed E-state index contributed by atoms with van der Waals surface area (Å²) in [6.07, 6.45) is -0.566. The van der Waals surface area contributed by atoms with Crippen LogP contribution in [0.25, 0.3) is 22.3 Å². The molecule has 30 heavy (non-hydrogen) atoms. The molecule has 3 aromatic carbocycles. The Hall–Kier alpha value is -2.92. The molecular formula is C24H21ClF2N2O. The van der Waals surface area contributed by atoms with E-state index in [9.17, 15) is 13.6 Å². The number of rotatable bonds is 3. The van der Waals surface area contributed by atoms with Crippen LogP contribution >= 0.6 is 11.6 Å². The van der Waals surface area contributed by atoms with E-state index in [1.165, 1.54) is 4.90 Å². The fourth-order valence-corrected chi connectivity index (χ4v) is 3.86. The molecule has 0 atom stereocenters. The molecule has 1 heterocycles. The minimum atomic E-state index is -2.67. The monoisotopic (exact) mass is 426 g/mol. The molecule has 1 aliphatic rings. The van der Waals surface area contributed by atoms with Gasteiger partial charge < -0.3 is 10.6 Å². The summed E-state index contributed by atoms with van der Waals surface area (Å²) >= 11 is 6.11. The number of hydrogen-bond donors (Lipinski definition) is 1. The third kappa shape index (κ3) is 4.31. The van der Waals surface area contributed by atoms with E-state index in [1.807, 2.05) is 54.6 Å². The minimum Gasteiger partial charge on any atom is -0.398 e. The first-order valence-corrected chi connectivity index (χ1v) is 10.1. The molecule has 1 aliphatic heterocycles. The van der Waals surface area contributed by atoms with Gasteiger partial charge in [0, 0.05) is 47.8 Å². The number of nitrogens with zero attached hydrogens (tertiary/aromatic N) is 1. The number of alkyl halides is 2. The number of nitrogens with two attached hydrogens (primary N) is 1. The van der Waals surface area contributed by atoms with Gasteiger partial charge in [-0.1, -0.05) is 41.9 Å². The lowest BCUT2D eigenvalue weighted by Gasteiger charge is -2.31. The van der Waals surface area contributed by atoms with E-state index in [2.05, 4.69) is 0 Å². The van der Waals surface area contributed by atoms with E-state index in [-0.39, 0.29) is 31.8 Å². The number of piperidine rings is 1. The van der Waals surface area contributed by atoms with Crippen LogP contribution in [-0.2, 0) is 0 Å². The molecule has 4 rings (SSSR count). The van der Waals surface area contributed by atoms with Crippen molar-refractivity contribution in [3.05, 3.63) is 77.3 Å². The second-order valence-corrected chi connectivity index (χ2v) is 7.97. The minimum absolute atomic E-state index is 0.0779. The Kier molecular flexibility index (Phi) is 5.48. The van der Waals surface area contributed by atoms with Crippen molar-refractivity contribution in [2.24, 2.45) is 0 Å². The van der Waals surface area contributed by atoms with Gasteiger partial charge in [0.15, 0.2) is 0 Å². The molecule has 1 saturated heterocycles. The van der Waals surface area contributed by atoms with Crippen LogP contribution in [0.15, 0.2) is 66.7 Å². The first kappa shape index (κ1) is 20.4. The molecular weight excluding hydrogens is 406 g/mol. The van der Waals surface area contributed by atoms with Gasteiger partial charge in [-0.2, -0.15) is 0 Å². The van der Waals surface area contributed by atoms with E-state index in [0.717, 1.165) is 22.3 Å². The SMILES string of the molecule is Nc1ccc(-c2ccc(C(=O)N3CCC(F)(F)CC3)cc2)cc1-c1cccc(Cl)c1. The first-order valence-electron chi connectivity index (χ1n) is 9.75. The molecule has 0 radical (unpaired) electrons. The third-order valence-electron chi connectivity index (χ3n) is 5.44.